The number of methoxy groups -OCH3 is 1. The van der Waals surface area contributed by atoms with Gasteiger partial charge < -0.3 is 14.2 Å². The lowest BCUT2D eigenvalue weighted by molar-refractivity contribution is 0.0173. The summed E-state index contributed by atoms with van der Waals surface area (Å²) in [7, 11) is 1.67. The van der Waals surface area contributed by atoms with Crippen LogP contribution in [0.3, 0.4) is 0 Å². The van der Waals surface area contributed by atoms with E-state index >= 15 is 0 Å². The van der Waals surface area contributed by atoms with E-state index in [1.54, 1.807) is 7.11 Å². The number of hydrogen-bond donors (Lipinski definition) is 0. The van der Waals surface area contributed by atoms with Crippen LogP contribution in [0.4, 0.5) is 0 Å². The van der Waals surface area contributed by atoms with Crippen LogP contribution in [0.15, 0.2) is 0 Å². The summed E-state index contributed by atoms with van der Waals surface area (Å²) < 4.78 is 15.8. The van der Waals surface area contributed by atoms with Gasteiger partial charge >= 0.3 is 0 Å². The fourth-order valence-electron chi connectivity index (χ4n) is 2.35. The first-order valence-electron chi connectivity index (χ1n) is 7.33. The van der Waals surface area contributed by atoms with Crippen molar-refractivity contribution in [1.82, 2.24) is 4.90 Å². The molecular formula is C14H28ClNO3. The average molecular weight is 294 g/mol. The first-order valence-corrected chi connectivity index (χ1v) is 7.86. The predicted octanol–water partition coefficient (Wildman–Crippen LogP) is 2.15. The van der Waals surface area contributed by atoms with Gasteiger partial charge in [-0.25, -0.2) is 0 Å². The van der Waals surface area contributed by atoms with Gasteiger partial charge in [0.2, 0.25) is 0 Å². The first kappa shape index (κ1) is 17.2. The van der Waals surface area contributed by atoms with Crippen LogP contribution >= 0.6 is 11.6 Å². The van der Waals surface area contributed by atoms with E-state index in [0.717, 1.165) is 25.6 Å². The summed E-state index contributed by atoms with van der Waals surface area (Å²) in [5, 5.41) is 0. The lowest BCUT2D eigenvalue weighted by Gasteiger charge is -2.28. The van der Waals surface area contributed by atoms with Gasteiger partial charge in [-0.1, -0.05) is 12.8 Å². The molecule has 0 saturated carbocycles. The standard InChI is InChI=1S/C14H28ClNO3/c1-17-9-10-19-12-11-18-8-7-16-6-4-2-3-5-14(16)13-15/h14H,2-13H2,1H3. The Balaban J connectivity index is 2.00. The predicted molar refractivity (Wildman–Crippen MR) is 78.1 cm³/mol. The Morgan fingerprint density at radius 1 is 1.00 bits per heavy atom. The lowest BCUT2D eigenvalue weighted by atomic mass is 10.1. The number of nitrogens with zero attached hydrogens (tertiary/aromatic N) is 1. The zero-order valence-electron chi connectivity index (χ0n) is 12.1. The molecule has 0 aromatic carbocycles. The molecule has 0 radical (unpaired) electrons. The van der Waals surface area contributed by atoms with Gasteiger partial charge in [-0.2, -0.15) is 0 Å². The Kier molecular flexibility index (Phi) is 10.8. The maximum absolute atomic E-state index is 6.04. The highest BCUT2D eigenvalue weighted by molar-refractivity contribution is 6.18. The number of alkyl halides is 1. The van der Waals surface area contributed by atoms with Crippen LogP contribution in [-0.2, 0) is 14.2 Å². The van der Waals surface area contributed by atoms with Crippen molar-refractivity contribution in [1.29, 1.82) is 0 Å². The second-order valence-electron chi connectivity index (χ2n) is 4.91. The van der Waals surface area contributed by atoms with E-state index in [9.17, 15) is 0 Å². The lowest BCUT2D eigenvalue weighted by Crippen LogP contribution is -2.38. The molecule has 1 aliphatic rings. The van der Waals surface area contributed by atoms with Gasteiger partial charge in [-0.05, 0) is 19.4 Å². The van der Waals surface area contributed by atoms with Gasteiger partial charge in [0.05, 0.1) is 33.0 Å². The molecule has 0 aromatic rings. The number of rotatable bonds is 10. The SMILES string of the molecule is COCCOCCOCCN1CCCCCC1CCl. The van der Waals surface area contributed by atoms with Crippen molar-refractivity contribution in [3.05, 3.63) is 0 Å². The zero-order chi connectivity index (χ0) is 13.8. The van der Waals surface area contributed by atoms with Crippen LogP contribution in [0.25, 0.3) is 0 Å². The molecule has 1 saturated heterocycles. The molecule has 1 fully saturated rings. The minimum atomic E-state index is 0.533. The molecule has 1 heterocycles. The Bertz CT molecular complexity index is 207. The average Bonchev–Trinajstić information content (AvgIpc) is 2.66. The third kappa shape index (κ3) is 8.10. The third-order valence-electron chi connectivity index (χ3n) is 3.50. The molecule has 0 aromatic heterocycles. The van der Waals surface area contributed by atoms with Crippen molar-refractivity contribution in [2.75, 3.05) is 59.1 Å². The summed E-state index contributed by atoms with van der Waals surface area (Å²) in [6.45, 7) is 5.48. The van der Waals surface area contributed by atoms with E-state index < -0.39 is 0 Å². The van der Waals surface area contributed by atoms with Gasteiger partial charge in [-0.3, -0.25) is 4.90 Å². The van der Waals surface area contributed by atoms with Crippen molar-refractivity contribution < 1.29 is 14.2 Å². The molecule has 0 aliphatic carbocycles. The van der Waals surface area contributed by atoms with Gasteiger partial charge in [0.1, 0.15) is 0 Å². The van der Waals surface area contributed by atoms with Crippen LogP contribution in [-0.4, -0.2) is 70.1 Å². The monoisotopic (exact) mass is 293 g/mol. The second kappa shape index (κ2) is 11.9. The van der Waals surface area contributed by atoms with Crippen LogP contribution in [0.2, 0.25) is 0 Å². The van der Waals surface area contributed by atoms with Gasteiger partial charge in [-0.15, -0.1) is 11.6 Å². The number of ether oxygens (including phenoxy) is 3. The zero-order valence-corrected chi connectivity index (χ0v) is 12.9. The minimum Gasteiger partial charge on any atom is -0.382 e. The molecule has 4 nitrogen and oxygen atoms in total. The van der Waals surface area contributed by atoms with Crippen molar-refractivity contribution in [2.45, 2.75) is 31.7 Å². The highest BCUT2D eigenvalue weighted by Crippen LogP contribution is 2.17. The molecule has 5 heteroatoms. The molecule has 0 amide bonds. The molecule has 114 valence electrons. The van der Waals surface area contributed by atoms with Crippen molar-refractivity contribution in [2.24, 2.45) is 0 Å². The summed E-state index contributed by atoms with van der Waals surface area (Å²) >= 11 is 6.04. The quantitative estimate of drug-likeness (QED) is 0.456. The molecule has 0 bridgehead atoms. The van der Waals surface area contributed by atoms with Crippen molar-refractivity contribution in [3.8, 4) is 0 Å². The molecule has 0 spiro atoms. The number of halogens is 1. The second-order valence-corrected chi connectivity index (χ2v) is 5.22. The van der Waals surface area contributed by atoms with E-state index in [1.807, 2.05) is 0 Å². The highest BCUT2D eigenvalue weighted by Gasteiger charge is 2.19. The molecule has 1 aliphatic heterocycles. The third-order valence-corrected chi connectivity index (χ3v) is 3.86. The van der Waals surface area contributed by atoms with Gasteiger partial charge in [0, 0.05) is 25.6 Å². The minimum absolute atomic E-state index is 0.533. The van der Waals surface area contributed by atoms with E-state index in [-0.39, 0.29) is 0 Å². The number of hydrogen-bond acceptors (Lipinski definition) is 4. The van der Waals surface area contributed by atoms with Gasteiger partial charge in [0.15, 0.2) is 0 Å². The maximum Gasteiger partial charge on any atom is 0.0701 e. The van der Waals surface area contributed by atoms with Crippen molar-refractivity contribution in [3.63, 3.8) is 0 Å². The maximum atomic E-state index is 6.04. The van der Waals surface area contributed by atoms with Gasteiger partial charge in [0.25, 0.3) is 0 Å². The molecule has 1 rings (SSSR count). The Morgan fingerprint density at radius 2 is 1.74 bits per heavy atom. The van der Waals surface area contributed by atoms with E-state index in [0.29, 0.717) is 32.5 Å². The Hall–Kier alpha value is 0.130. The van der Waals surface area contributed by atoms with Crippen LogP contribution in [0.1, 0.15) is 25.7 Å². The smallest absolute Gasteiger partial charge is 0.0701 e. The first-order chi connectivity index (χ1) is 9.38. The van der Waals surface area contributed by atoms with Crippen LogP contribution in [0, 0.1) is 0 Å². The summed E-state index contributed by atoms with van der Waals surface area (Å²) in [5.41, 5.74) is 0. The van der Waals surface area contributed by atoms with E-state index in [1.165, 1.54) is 25.7 Å². The largest absolute Gasteiger partial charge is 0.382 e. The topological polar surface area (TPSA) is 30.9 Å². The Morgan fingerprint density at radius 3 is 2.47 bits per heavy atom. The molecule has 0 N–H and O–H groups in total. The molecule has 1 atom stereocenters. The van der Waals surface area contributed by atoms with Crippen LogP contribution < -0.4 is 0 Å². The fraction of sp³-hybridized carbons (Fsp3) is 1.00. The summed E-state index contributed by atoms with van der Waals surface area (Å²) in [5.74, 6) is 0.736. The van der Waals surface area contributed by atoms with E-state index in [2.05, 4.69) is 4.90 Å². The molecule has 1 unspecified atom stereocenters. The van der Waals surface area contributed by atoms with Crippen LogP contribution in [0.5, 0.6) is 0 Å². The van der Waals surface area contributed by atoms with Crippen molar-refractivity contribution >= 4 is 11.6 Å². The Labute approximate surface area is 122 Å². The fourth-order valence-corrected chi connectivity index (χ4v) is 2.70. The molecular weight excluding hydrogens is 266 g/mol. The highest BCUT2D eigenvalue weighted by atomic mass is 35.5. The summed E-state index contributed by atoms with van der Waals surface area (Å²) in [6.07, 6.45) is 5.15. The van der Waals surface area contributed by atoms with E-state index in [4.69, 9.17) is 25.8 Å². The summed E-state index contributed by atoms with van der Waals surface area (Å²) in [6, 6.07) is 0.533. The normalized spacial score (nSPS) is 21.5. The molecule has 19 heavy (non-hydrogen) atoms. The number of likely N-dealkylation sites (tertiary alicyclic amines) is 1. The summed E-state index contributed by atoms with van der Waals surface area (Å²) in [4.78, 5) is 2.48.